The zero-order valence-electron chi connectivity index (χ0n) is 11.6. The minimum atomic E-state index is -0.542. The fourth-order valence-corrected chi connectivity index (χ4v) is 1.39. The summed E-state index contributed by atoms with van der Waals surface area (Å²) >= 11 is 0. The Bertz CT molecular complexity index is 463. The topological polar surface area (TPSA) is 64.6 Å². The molecule has 0 bridgehead atoms. The highest BCUT2D eigenvalue weighted by Crippen LogP contribution is 2.18. The summed E-state index contributed by atoms with van der Waals surface area (Å²) in [6, 6.07) is 7.01. The zero-order chi connectivity index (χ0) is 14.5. The van der Waals surface area contributed by atoms with Gasteiger partial charge in [0.05, 0.1) is 0 Å². The van der Waals surface area contributed by atoms with Gasteiger partial charge in [-0.05, 0) is 26.8 Å². The molecule has 0 aromatic heterocycles. The van der Waals surface area contributed by atoms with E-state index in [1.54, 1.807) is 45.0 Å². The van der Waals surface area contributed by atoms with Crippen molar-refractivity contribution in [1.29, 1.82) is 0 Å². The first-order chi connectivity index (χ1) is 8.78. The number of amides is 1. The van der Waals surface area contributed by atoms with Crippen LogP contribution in [0, 0.1) is 0 Å². The van der Waals surface area contributed by atoms with Crippen LogP contribution in [0.25, 0.3) is 0 Å². The first-order valence-electron chi connectivity index (χ1n) is 6.01. The van der Waals surface area contributed by atoms with E-state index in [1.165, 1.54) is 6.92 Å². The fourth-order valence-electron chi connectivity index (χ4n) is 1.39. The molecule has 0 unspecified atom stereocenters. The van der Waals surface area contributed by atoms with Crippen molar-refractivity contribution in [3.8, 4) is 5.75 Å². The van der Waals surface area contributed by atoms with Crippen molar-refractivity contribution in [2.75, 3.05) is 0 Å². The van der Waals surface area contributed by atoms with Gasteiger partial charge in [-0.1, -0.05) is 18.2 Å². The number of rotatable bonds is 3. The first-order valence-corrected chi connectivity index (χ1v) is 6.01. The summed E-state index contributed by atoms with van der Waals surface area (Å²) in [5.74, 6) is 0.0378. The predicted octanol–water partition coefficient (Wildman–Crippen LogP) is 2.64. The molecule has 1 aromatic carbocycles. The number of hydrogen-bond acceptors (Lipinski definition) is 4. The predicted molar refractivity (Wildman–Crippen MR) is 70.8 cm³/mol. The third-order valence-electron chi connectivity index (χ3n) is 2.05. The molecule has 0 atom stereocenters. The van der Waals surface area contributed by atoms with Crippen LogP contribution in [-0.2, 0) is 16.1 Å². The lowest BCUT2D eigenvalue weighted by Gasteiger charge is -2.20. The van der Waals surface area contributed by atoms with Crippen LogP contribution in [0.1, 0.15) is 33.3 Å². The van der Waals surface area contributed by atoms with Gasteiger partial charge in [0, 0.05) is 19.0 Å². The number of carbonyl (C=O) groups is 2. The van der Waals surface area contributed by atoms with Gasteiger partial charge >= 0.3 is 12.1 Å². The molecule has 19 heavy (non-hydrogen) atoms. The summed E-state index contributed by atoms with van der Waals surface area (Å²) in [6.07, 6.45) is -0.509. The maximum Gasteiger partial charge on any atom is 0.407 e. The molecule has 1 N–H and O–H groups in total. The minimum Gasteiger partial charge on any atom is -0.444 e. The molecule has 1 rings (SSSR count). The highest BCUT2D eigenvalue weighted by molar-refractivity contribution is 5.70. The van der Waals surface area contributed by atoms with Crippen LogP contribution < -0.4 is 10.1 Å². The normalized spacial score (nSPS) is 10.7. The average Bonchev–Trinajstić information content (AvgIpc) is 2.24. The molecule has 0 aliphatic carbocycles. The van der Waals surface area contributed by atoms with E-state index < -0.39 is 17.7 Å². The maximum atomic E-state index is 11.5. The average molecular weight is 265 g/mol. The van der Waals surface area contributed by atoms with Gasteiger partial charge in [-0.3, -0.25) is 4.79 Å². The molecular formula is C14H19NO4. The highest BCUT2D eigenvalue weighted by Gasteiger charge is 2.16. The maximum absolute atomic E-state index is 11.5. The number of carbonyl (C=O) groups excluding carboxylic acids is 2. The largest absolute Gasteiger partial charge is 0.444 e. The molecular weight excluding hydrogens is 246 g/mol. The first kappa shape index (κ1) is 15.0. The molecule has 0 heterocycles. The zero-order valence-corrected chi connectivity index (χ0v) is 11.6. The Balaban J connectivity index is 2.62. The molecule has 0 aliphatic rings. The van der Waals surface area contributed by atoms with Gasteiger partial charge in [-0.2, -0.15) is 0 Å². The van der Waals surface area contributed by atoms with Gasteiger partial charge in [0.2, 0.25) is 0 Å². The smallest absolute Gasteiger partial charge is 0.407 e. The van der Waals surface area contributed by atoms with E-state index in [2.05, 4.69) is 5.32 Å². The van der Waals surface area contributed by atoms with Gasteiger partial charge in [0.25, 0.3) is 0 Å². The highest BCUT2D eigenvalue weighted by atomic mass is 16.6. The van der Waals surface area contributed by atoms with Crippen molar-refractivity contribution in [3.05, 3.63) is 29.8 Å². The van der Waals surface area contributed by atoms with Gasteiger partial charge in [-0.25, -0.2) is 4.79 Å². The SMILES string of the molecule is CC(=O)Oc1ccccc1CNC(=O)OC(C)(C)C. The summed E-state index contributed by atoms with van der Waals surface area (Å²) in [7, 11) is 0. The molecule has 0 spiro atoms. The molecule has 1 aromatic rings. The molecule has 5 nitrogen and oxygen atoms in total. The molecule has 5 heteroatoms. The van der Waals surface area contributed by atoms with Crippen LogP contribution in [0.2, 0.25) is 0 Å². The fraction of sp³-hybridized carbons (Fsp3) is 0.429. The molecule has 0 saturated carbocycles. The summed E-state index contributed by atoms with van der Waals surface area (Å²) in [6.45, 7) is 6.94. The molecule has 0 radical (unpaired) electrons. The Labute approximate surface area is 112 Å². The number of hydrogen-bond donors (Lipinski definition) is 1. The van der Waals surface area contributed by atoms with Crippen molar-refractivity contribution in [2.45, 2.75) is 39.8 Å². The van der Waals surface area contributed by atoms with E-state index >= 15 is 0 Å². The Morgan fingerprint density at radius 1 is 1.21 bits per heavy atom. The molecule has 0 aliphatic heterocycles. The Morgan fingerprint density at radius 2 is 1.84 bits per heavy atom. The summed E-state index contributed by atoms with van der Waals surface area (Å²) in [5, 5.41) is 2.62. The second-order valence-electron chi connectivity index (χ2n) is 5.06. The lowest BCUT2D eigenvalue weighted by Crippen LogP contribution is -2.32. The van der Waals surface area contributed by atoms with Crippen molar-refractivity contribution >= 4 is 12.1 Å². The number of alkyl carbamates (subject to hydrolysis) is 1. The summed E-state index contributed by atoms with van der Waals surface area (Å²) < 4.78 is 10.2. The van der Waals surface area contributed by atoms with Crippen LogP contribution >= 0.6 is 0 Å². The second kappa shape index (κ2) is 6.22. The third kappa shape index (κ3) is 5.90. The van der Waals surface area contributed by atoms with Crippen molar-refractivity contribution < 1.29 is 19.1 Å². The number of ether oxygens (including phenoxy) is 2. The molecule has 104 valence electrons. The van der Waals surface area contributed by atoms with E-state index in [0.717, 1.165) is 0 Å². The van der Waals surface area contributed by atoms with E-state index in [1.807, 2.05) is 0 Å². The van der Waals surface area contributed by atoms with Gasteiger partial charge in [0.1, 0.15) is 11.4 Å². The standard InChI is InChI=1S/C14H19NO4/c1-10(16)18-12-8-6-5-7-11(12)9-15-13(17)19-14(2,3)4/h5-8H,9H2,1-4H3,(H,15,17). The van der Waals surface area contributed by atoms with Gasteiger partial charge in [-0.15, -0.1) is 0 Å². The summed E-state index contributed by atoms with van der Waals surface area (Å²) in [5.41, 5.74) is 0.169. The second-order valence-corrected chi connectivity index (χ2v) is 5.06. The van der Waals surface area contributed by atoms with Crippen molar-refractivity contribution in [3.63, 3.8) is 0 Å². The monoisotopic (exact) mass is 265 g/mol. The van der Waals surface area contributed by atoms with E-state index in [9.17, 15) is 9.59 Å². The number of para-hydroxylation sites is 1. The number of benzene rings is 1. The Kier molecular flexibility index (Phi) is 4.92. The van der Waals surface area contributed by atoms with Crippen molar-refractivity contribution in [1.82, 2.24) is 5.32 Å². The van der Waals surface area contributed by atoms with Crippen molar-refractivity contribution in [2.24, 2.45) is 0 Å². The lowest BCUT2D eigenvalue weighted by atomic mass is 10.2. The lowest BCUT2D eigenvalue weighted by molar-refractivity contribution is -0.131. The minimum absolute atomic E-state index is 0.234. The van der Waals surface area contributed by atoms with E-state index in [4.69, 9.17) is 9.47 Å². The van der Waals surface area contributed by atoms with Gasteiger partial charge in [0.15, 0.2) is 0 Å². The van der Waals surface area contributed by atoms with E-state index in [-0.39, 0.29) is 6.54 Å². The molecule has 1 amide bonds. The number of nitrogens with one attached hydrogen (secondary N) is 1. The van der Waals surface area contributed by atoms with Crippen LogP contribution in [0.15, 0.2) is 24.3 Å². The van der Waals surface area contributed by atoms with E-state index in [0.29, 0.717) is 11.3 Å². The van der Waals surface area contributed by atoms with Crippen LogP contribution in [0.5, 0.6) is 5.75 Å². The summed E-state index contributed by atoms with van der Waals surface area (Å²) in [4.78, 5) is 22.5. The Hall–Kier alpha value is -2.04. The molecule has 0 fully saturated rings. The molecule has 0 saturated heterocycles. The van der Waals surface area contributed by atoms with Crippen LogP contribution in [-0.4, -0.2) is 17.7 Å². The number of esters is 1. The quantitative estimate of drug-likeness (QED) is 0.674. The van der Waals surface area contributed by atoms with Crippen LogP contribution in [0.4, 0.5) is 4.79 Å². The van der Waals surface area contributed by atoms with Crippen LogP contribution in [0.3, 0.4) is 0 Å². The Morgan fingerprint density at radius 3 is 2.42 bits per heavy atom. The van der Waals surface area contributed by atoms with Gasteiger partial charge < -0.3 is 14.8 Å². The third-order valence-corrected chi connectivity index (χ3v) is 2.05.